The molecule has 220 valence electrons. The SMILES string of the molecule is CCCN1C(=O)[C@H](CCCCNC(=O)OCc2ccccc2)NC(=O)C12CCN(C(=O)Nc1ccc(Br)cc1)CC2. The number of carbonyl (C=O) groups excluding carboxylic acids is 4. The molecule has 5 amide bonds. The third-order valence-corrected chi connectivity index (χ3v) is 8.16. The van der Waals surface area contributed by atoms with Gasteiger partial charge in [-0.25, -0.2) is 9.59 Å². The molecule has 3 N–H and O–H groups in total. The van der Waals surface area contributed by atoms with Crippen LogP contribution in [0.5, 0.6) is 0 Å². The molecule has 0 saturated carbocycles. The average Bonchev–Trinajstić information content (AvgIpc) is 2.98. The third kappa shape index (κ3) is 7.78. The number of ether oxygens (including phenoxy) is 1. The Kier molecular flexibility index (Phi) is 10.6. The van der Waals surface area contributed by atoms with Gasteiger partial charge in [-0.3, -0.25) is 9.59 Å². The van der Waals surface area contributed by atoms with E-state index in [2.05, 4.69) is 31.9 Å². The van der Waals surface area contributed by atoms with Crippen molar-refractivity contribution >= 4 is 45.6 Å². The van der Waals surface area contributed by atoms with Gasteiger partial charge in [0.2, 0.25) is 11.8 Å². The second-order valence-electron chi connectivity index (χ2n) is 10.5. The van der Waals surface area contributed by atoms with Gasteiger partial charge in [0, 0.05) is 36.3 Å². The minimum absolute atomic E-state index is 0.0746. The van der Waals surface area contributed by atoms with Crippen molar-refractivity contribution in [3.8, 4) is 0 Å². The quantitative estimate of drug-likeness (QED) is 0.331. The zero-order chi connectivity index (χ0) is 29.2. The molecule has 0 radical (unpaired) electrons. The number of piperazine rings is 1. The summed E-state index contributed by atoms with van der Waals surface area (Å²) >= 11 is 3.39. The number of nitrogens with one attached hydrogen (secondary N) is 3. The van der Waals surface area contributed by atoms with E-state index in [1.54, 1.807) is 9.80 Å². The third-order valence-electron chi connectivity index (χ3n) is 7.63. The molecule has 4 rings (SSSR count). The molecule has 0 aromatic heterocycles. The van der Waals surface area contributed by atoms with E-state index in [4.69, 9.17) is 4.74 Å². The number of alkyl carbamates (subject to hydrolysis) is 1. The Labute approximate surface area is 249 Å². The maximum atomic E-state index is 13.5. The van der Waals surface area contributed by atoms with Gasteiger partial charge >= 0.3 is 12.1 Å². The molecule has 2 aromatic carbocycles. The second kappa shape index (κ2) is 14.3. The first-order valence-corrected chi connectivity index (χ1v) is 15.0. The Morgan fingerprint density at radius 1 is 1.05 bits per heavy atom. The monoisotopic (exact) mass is 627 g/mol. The van der Waals surface area contributed by atoms with Gasteiger partial charge in [0.25, 0.3) is 0 Å². The maximum Gasteiger partial charge on any atom is 0.407 e. The number of anilines is 1. The van der Waals surface area contributed by atoms with Gasteiger partial charge in [0.1, 0.15) is 18.2 Å². The topological polar surface area (TPSA) is 120 Å². The van der Waals surface area contributed by atoms with E-state index in [-0.39, 0.29) is 24.5 Å². The fourth-order valence-electron chi connectivity index (χ4n) is 5.37. The molecule has 2 aliphatic rings. The Morgan fingerprint density at radius 3 is 2.44 bits per heavy atom. The van der Waals surface area contributed by atoms with Gasteiger partial charge in [-0.1, -0.05) is 53.2 Å². The highest BCUT2D eigenvalue weighted by molar-refractivity contribution is 9.10. The van der Waals surface area contributed by atoms with E-state index in [0.29, 0.717) is 64.0 Å². The smallest absolute Gasteiger partial charge is 0.407 e. The molecular formula is C30H38BrN5O5. The number of rotatable bonds is 10. The van der Waals surface area contributed by atoms with Gasteiger partial charge in [0.05, 0.1) is 0 Å². The Hall–Kier alpha value is -3.60. The van der Waals surface area contributed by atoms with E-state index < -0.39 is 17.7 Å². The largest absolute Gasteiger partial charge is 0.445 e. The van der Waals surface area contributed by atoms with Crippen molar-refractivity contribution in [1.29, 1.82) is 0 Å². The van der Waals surface area contributed by atoms with Crippen LogP contribution < -0.4 is 16.0 Å². The lowest BCUT2D eigenvalue weighted by atomic mass is 9.81. The number of nitrogens with zero attached hydrogens (tertiary/aromatic N) is 2. The fourth-order valence-corrected chi connectivity index (χ4v) is 5.63. The summed E-state index contributed by atoms with van der Waals surface area (Å²) in [7, 11) is 0. The van der Waals surface area contributed by atoms with Crippen molar-refractivity contribution in [3.63, 3.8) is 0 Å². The number of unbranched alkanes of at least 4 members (excludes halogenated alkanes) is 1. The summed E-state index contributed by atoms with van der Waals surface area (Å²) in [5.41, 5.74) is 0.666. The molecule has 1 spiro atoms. The lowest BCUT2D eigenvalue weighted by Gasteiger charge is -2.51. The van der Waals surface area contributed by atoms with Crippen LogP contribution in [-0.2, 0) is 20.9 Å². The normalized spacial score (nSPS) is 18.1. The first-order valence-electron chi connectivity index (χ1n) is 14.2. The second-order valence-corrected chi connectivity index (χ2v) is 11.4. The van der Waals surface area contributed by atoms with Gasteiger partial charge in [-0.15, -0.1) is 0 Å². The predicted molar refractivity (Wildman–Crippen MR) is 159 cm³/mol. The molecule has 41 heavy (non-hydrogen) atoms. The van der Waals surface area contributed by atoms with E-state index in [9.17, 15) is 19.2 Å². The predicted octanol–water partition coefficient (Wildman–Crippen LogP) is 4.65. The minimum Gasteiger partial charge on any atom is -0.445 e. The van der Waals surface area contributed by atoms with Gasteiger partial charge in [-0.05, 0) is 68.4 Å². The zero-order valence-electron chi connectivity index (χ0n) is 23.4. The van der Waals surface area contributed by atoms with Crippen LogP contribution in [0.25, 0.3) is 0 Å². The summed E-state index contributed by atoms with van der Waals surface area (Å²) in [4.78, 5) is 55.2. The van der Waals surface area contributed by atoms with E-state index >= 15 is 0 Å². The number of likely N-dealkylation sites (tertiary alicyclic amines) is 1. The first-order chi connectivity index (χ1) is 19.8. The van der Waals surface area contributed by atoms with Gasteiger partial charge in [-0.2, -0.15) is 0 Å². The lowest BCUT2D eigenvalue weighted by molar-refractivity contribution is -0.160. The zero-order valence-corrected chi connectivity index (χ0v) is 25.0. The lowest BCUT2D eigenvalue weighted by Crippen LogP contribution is -2.73. The summed E-state index contributed by atoms with van der Waals surface area (Å²) in [6.07, 6.45) is 2.83. The maximum absolute atomic E-state index is 13.5. The number of amides is 5. The van der Waals surface area contributed by atoms with Crippen molar-refractivity contribution in [2.45, 2.75) is 63.6 Å². The van der Waals surface area contributed by atoms with E-state index in [0.717, 1.165) is 16.5 Å². The molecule has 2 saturated heterocycles. The molecule has 0 unspecified atom stereocenters. The Bertz CT molecular complexity index is 1200. The molecule has 1 atom stereocenters. The van der Waals surface area contributed by atoms with Crippen molar-refractivity contribution in [2.24, 2.45) is 0 Å². The van der Waals surface area contributed by atoms with Crippen molar-refractivity contribution in [3.05, 3.63) is 64.6 Å². The number of carbonyl (C=O) groups is 4. The van der Waals surface area contributed by atoms with Crippen LogP contribution in [-0.4, -0.2) is 71.5 Å². The van der Waals surface area contributed by atoms with Crippen molar-refractivity contribution in [1.82, 2.24) is 20.4 Å². The van der Waals surface area contributed by atoms with Crippen LogP contribution in [0.3, 0.4) is 0 Å². The Morgan fingerprint density at radius 2 is 1.76 bits per heavy atom. The highest BCUT2D eigenvalue weighted by Gasteiger charge is 2.53. The number of urea groups is 1. The van der Waals surface area contributed by atoms with Crippen LogP contribution in [0.15, 0.2) is 59.1 Å². The van der Waals surface area contributed by atoms with Crippen LogP contribution in [0, 0.1) is 0 Å². The molecular weight excluding hydrogens is 590 g/mol. The summed E-state index contributed by atoms with van der Waals surface area (Å²) in [6.45, 7) is 3.86. The van der Waals surface area contributed by atoms with Crippen LogP contribution >= 0.6 is 15.9 Å². The number of piperidine rings is 1. The van der Waals surface area contributed by atoms with E-state index in [1.807, 2.05) is 61.5 Å². The van der Waals surface area contributed by atoms with Crippen LogP contribution in [0.1, 0.15) is 51.0 Å². The molecule has 0 bridgehead atoms. The van der Waals surface area contributed by atoms with Crippen LogP contribution in [0.2, 0.25) is 0 Å². The van der Waals surface area contributed by atoms with Gasteiger partial charge < -0.3 is 30.5 Å². The van der Waals surface area contributed by atoms with Crippen LogP contribution in [0.4, 0.5) is 15.3 Å². The minimum atomic E-state index is -0.942. The van der Waals surface area contributed by atoms with E-state index in [1.165, 1.54) is 0 Å². The highest BCUT2D eigenvalue weighted by atomic mass is 79.9. The fraction of sp³-hybridized carbons (Fsp3) is 0.467. The standard InChI is InChI=1S/C30H38BrN5O5/c1-2-18-36-26(37)25(10-6-7-17-32-29(40)41-21-22-8-4-3-5-9-22)34-27(38)30(36)15-19-35(20-16-30)28(39)33-24-13-11-23(31)12-14-24/h3-5,8-9,11-14,25H,2,6-7,10,15-21H2,1H3,(H,32,40)(H,33,39)(H,34,38)/t25-/m0/s1. The number of hydrogen-bond donors (Lipinski definition) is 3. The van der Waals surface area contributed by atoms with Crippen molar-refractivity contribution in [2.75, 3.05) is 31.5 Å². The molecule has 2 aliphatic heterocycles. The average molecular weight is 629 g/mol. The summed E-state index contributed by atoms with van der Waals surface area (Å²) in [5.74, 6) is -0.222. The van der Waals surface area contributed by atoms with Crippen molar-refractivity contribution < 1.29 is 23.9 Å². The number of halogens is 1. The number of benzene rings is 2. The van der Waals surface area contributed by atoms with Gasteiger partial charge in [0.15, 0.2) is 0 Å². The summed E-state index contributed by atoms with van der Waals surface area (Å²) < 4.78 is 6.14. The molecule has 2 fully saturated rings. The highest BCUT2D eigenvalue weighted by Crippen LogP contribution is 2.34. The first kappa shape index (κ1) is 30.4. The summed E-state index contributed by atoms with van der Waals surface area (Å²) in [5, 5.41) is 8.61. The molecule has 0 aliphatic carbocycles. The molecule has 2 heterocycles. The summed E-state index contributed by atoms with van der Waals surface area (Å²) in [6, 6.07) is 16.0. The molecule has 10 nitrogen and oxygen atoms in total. The number of hydrogen-bond acceptors (Lipinski definition) is 5. The Balaban J connectivity index is 1.23. The molecule has 2 aromatic rings. The molecule has 11 heteroatoms.